The van der Waals surface area contributed by atoms with Crippen molar-refractivity contribution in [2.45, 2.75) is 32.4 Å². The van der Waals surface area contributed by atoms with Gasteiger partial charge in [-0.05, 0) is 13.3 Å². The number of hydrogen-bond acceptors (Lipinski definition) is 5. The molecule has 1 atom stereocenters. The smallest absolute Gasteiger partial charge is 0.181 e. The third-order valence-electron chi connectivity index (χ3n) is 3.02. The summed E-state index contributed by atoms with van der Waals surface area (Å²) < 4.78 is 15.9. The van der Waals surface area contributed by atoms with E-state index in [-0.39, 0.29) is 0 Å². The predicted molar refractivity (Wildman–Crippen MR) is 64.7 cm³/mol. The molecule has 98 valence electrons. The van der Waals surface area contributed by atoms with Gasteiger partial charge < -0.3 is 19.2 Å². The summed E-state index contributed by atoms with van der Waals surface area (Å²) in [6.45, 7) is 6.20. The molecule has 0 bridgehead atoms. The Hall–Kier alpha value is -0.910. The summed E-state index contributed by atoms with van der Waals surface area (Å²) in [5.74, 6) is 0.799. The molecule has 1 rings (SSSR count). The lowest BCUT2D eigenvalue weighted by Gasteiger charge is -2.24. The van der Waals surface area contributed by atoms with Gasteiger partial charge in [-0.3, -0.25) is 0 Å². The van der Waals surface area contributed by atoms with Gasteiger partial charge >= 0.3 is 0 Å². The van der Waals surface area contributed by atoms with Crippen LogP contribution in [0, 0.1) is 0 Å². The van der Waals surface area contributed by atoms with Crippen molar-refractivity contribution in [3.05, 3.63) is 17.8 Å². The highest BCUT2D eigenvalue weighted by Gasteiger charge is 2.30. The average Bonchev–Trinajstić information content (AvgIpc) is 2.82. The third-order valence-corrected chi connectivity index (χ3v) is 3.02. The highest BCUT2D eigenvalue weighted by atomic mass is 16.5. The summed E-state index contributed by atoms with van der Waals surface area (Å²) in [7, 11) is 3.37. The van der Waals surface area contributed by atoms with Gasteiger partial charge in [0.05, 0.1) is 12.3 Å². The summed E-state index contributed by atoms with van der Waals surface area (Å²) in [5, 5.41) is 3.25. The van der Waals surface area contributed by atoms with Crippen LogP contribution in [0.5, 0.6) is 0 Å². The van der Waals surface area contributed by atoms with Crippen molar-refractivity contribution in [3.63, 3.8) is 0 Å². The van der Waals surface area contributed by atoms with E-state index in [1.54, 1.807) is 14.2 Å². The molecular weight excluding hydrogens is 220 g/mol. The molecular formula is C12H22N2O3. The molecule has 1 aromatic heterocycles. The van der Waals surface area contributed by atoms with Gasteiger partial charge in [0.2, 0.25) is 0 Å². The van der Waals surface area contributed by atoms with Crippen molar-refractivity contribution in [3.8, 4) is 0 Å². The number of hydrogen-bond donors (Lipinski definition) is 1. The highest BCUT2D eigenvalue weighted by molar-refractivity contribution is 5.15. The lowest BCUT2D eigenvalue weighted by molar-refractivity contribution is -0.0199. The van der Waals surface area contributed by atoms with Crippen LogP contribution < -0.4 is 5.32 Å². The molecule has 0 amide bonds. The summed E-state index contributed by atoms with van der Waals surface area (Å²) in [6, 6.07) is 0. The van der Waals surface area contributed by atoms with Crippen LogP contribution in [0.2, 0.25) is 0 Å². The first-order valence-corrected chi connectivity index (χ1v) is 5.85. The Bertz CT molecular complexity index is 321. The number of methoxy groups -OCH3 is 2. The van der Waals surface area contributed by atoms with Gasteiger partial charge in [-0.2, -0.15) is 0 Å². The Balaban J connectivity index is 2.65. The summed E-state index contributed by atoms with van der Waals surface area (Å²) in [4.78, 5) is 4.23. The molecule has 1 aromatic rings. The molecule has 0 aliphatic carbocycles. The van der Waals surface area contributed by atoms with E-state index in [0.717, 1.165) is 24.4 Å². The van der Waals surface area contributed by atoms with Crippen LogP contribution in [0.4, 0.5) is 0 Å². The molecule has 0 aliphatic rings. The Morgan fingerprint density at radius 2 is 2.24 bits per heavy atom. The van der Waals surface area contributed by atoms with E-state index in [1.807, 2.05) is 6.92 Å². The highest BCUT2D eigenvalue weighted by Crippen LogP contribution is 2.30. The van der Waals surface area contributed by atoms with Crippen molar-refractivity contribution >= 4 is 0 Å². The van der Waals surface area contributed by atoms with Crippen LogP contribution in [0.3, 0.4) is 0 Å². The van der Waals surface area contributed by atoms with Crippen LogP contribution in [-0.4, -0.2) is 32.4 Å². The van der Waals surface area contributed by atoms with Crippen molar-refractivity contribution in [1.82, 2.24) is 10.3 Å². The number of rotatable bonds is 8. The van der Waals surface area contributed by atoms with Crippen LogP contribution in [-0.2, 0) is 21.6 Å². The number of ether oxygens (including phenoxy) is 2. The van der Waals surface area contributed by atoms with Crippen LogP contribution in [0.1, 0.15) is 31.7 Å². The first-order valence-electron chi connectivity index (χ1n) is 5.85. The number of aromatic nitrogens is 1. The molecule has 0 spiro atoms. The predicted octanol–water partition coefficient (Wildman–Crippen LogP) is 1.68. The lowest BCUT2D eigenvalue weighted by Crippen LogP contribution is -2.26. The molecule has 0 saturated carbocycles. The minimum absolute atomic E-state index is 0.408. The number of nitrogens with zero attached hydrogens (tertiary/aromatic N) is 1. The van der Waals surface area contributed by atoms with Crippen molar-refractivity contribution in [2.75, 3.05) is 27.4 Å². The fourth-order valence-corrected chi connectivity index (χ4v) is 1.60. The van der Waals surface area contributed by atoms with Crippen molar-refractivity contribution in [1.29, 1.82) is 0 Å². The molecule has 5 heteroatoms. The van der Waals surface area contributed by atoms with Gasteiger partial charge in [0, 0.05) is 27.3 Å². The summed E-state index contributed by atoms with van der Waals surface area (Å²) in [5.41, 5.74) is 0.488. The topological polar surface area (TPSA) is 56.5 Å². The molecule has 0 radical (unpaired) electrons. The molecule has 1 unspecified atom stereocenters. The molecule has 5 nitrogen and oxygen atoms in total. The summed E-state index contributed by atoms with van der Waals surface area (Å²) >= 11 is 0. The molecule has 0 saturated heterocycles. The standard InChI is InChI=1S/C12H22N2O3/c1-5-12(2,16-4)11-10(14-9-17-11)8-13-6-7-15-3/h9,13H,5-8H2,1-4H3. The molecule has 0 aromatic carbocycles. The normalized spacial score (nSPS) is 14.8. The maximum absolute atomic E-state index is 5.51. The quantitative estimate of drug-likeness (QED) is 0.703. The van der Waals surface area contributed by atoms with E-state index in [9.17, 15) is 0 Å². The maximum Gasteiger partial charge on any atom is 0.181 e. The Morgan fingerprint density at radius 1 is 1.47 bits per heavy atom. The van der Waals surface area contributed by atoms with Gasteiger partial charge in [0.25, 0.3) is 0 Å². The lowest BCUT2D eigenvalue weighted by atomic mass is 9.98. The SMILES string of the molecule is CCC(C)(OC)c1ocnc1CNCCOC. The van der Waals surface area contributed by atoms with Gasteiger partial charge in [0.15, 0.2) is 12.2 Å². The van der Waals surface area contributed by atoms with E-state index in [0.29, 0.717) is 13.2 Å². The van der Waals surface area contributed by atoms with Crippen molar-refractivity contribution < 1.29 is 13.9 Å². The van der Waals surface area contributed by atoms with E-state index >= 15 is 0 Å². The second kappa shape index (κ2) is 6.74. The second-order valence-corrected chi connectivity index (χ2v) is 4.09. The van der Waals surface area contributed by atoms with Gasteiger partial charge in [-0.25, -0.2) is 4.98 Å². The van der Waals surface area contributed by atoms with Gasteiger partial charge in [0.1, 0.15) is 5.60 Å². The average molecular weight is 242 g/mol. The number of oxazole rings is 1. The Morgan fingerprint density at radius 3 is 2.82 bits per heavy atom. The van der Waals surface area contributed by atoms with Crippen molar-refractivity contribution in [2.24, 2.45) is 0 Å². The third kappa shape index (κ3) is 3.52. The van der Waals surface area contributed by atoms with Gasteiger partial charge in [-0.15, -0.1) is 0 Å². The fraction of sp³-hybridized carbons (Fsp3) is 0.750. The van der Waals surface area contributed by atoms with E-state index in [2.05, 4.69) is 17.2 Å². The summed E-state index contributed by atoms with van der Waals surface area (Å²) in [6.07, 6.45) is 2.30. The zero-order chi connectivity index (χ0) is 12.7. The molecule has 0 aliphatic heterocycles. The van der Waals surface area contributed by atoms with Crippen LogP contribution in [0.25, 0.3) is 0 Å². The van der Waals surface area contributed by atoms with E-state index in [4.69, 9.17) is 13.9 Å². The Labute approximate surface area is 103 Å². The zero-order valence-corrected chi connectivity index (χ0v) is 11.1. The van der Waals surface area contributed by atoms with Gasteiger partial charge in [-0.1, -0.05) is 6.92 Å². The zero-order valence-electron chi connectivity index (χ0n) is 11.1. The number of nitrogens with one attached hydrogen (secondary N) is 1. The fourth-order valence-electron chi connectivity index (χ4n) is 1.60. The monoisotopic (exact) mass is 242 g/mol. The van der Waals surface area contributed by atoms with E-state index in [1.165, 1.54) is 6.39 Å². The molecule has 17 heavy (non-hydrogen) atoms. The minimum Gasteiger partial charge on any atom is -0.445 e. The molecule has 1 N–H and O–H groups in total. The first kappa shape index (κ1) is 14.2. The molecule has 0 fully saturated rings. The maximum atomic E-state index is 5.51. The molecule has 1 heterocycles. The van der Waals surface area contributed by atoms with Crippen LogP contribution >= 0.6 is 0 Å². The van der Waals surface area contributed by atoms with Crippen LogP contribution in [0.15, 0.2) is 10.8 Å². The first-order chi connectivity index (χ1) is 8.18. The van der Waals surface area contributed by atoms with E-state index < -0.39 is 5.60 Å². The largest absolute Gasteiger partial charge is 0.445 e. The minimum atomic E-state index is -0.408. The Kier molecular flexibility index (Phi) is 5.61. The second-order valence-electron chi connectivity index (χ2n) is 4.09.